The lowest BCUT2D eigenvalue weighted by Crippen LogP contribution is -2.47. The Bertz CT molecular complexity index is 706. The van der Waals surface area contributed by atoms with Crippen molar-refractivity contribution in [2.24, 2.45) is 0 Å². The molecule has 0 saturated carbocycles. The zero-order chi connectivity index (χ0) is 21.3. The predicted octanol–water partition coefficient (Wildman–Crippen LogP) is 3.57. The van der Waals surface area contributed by atoms with Gasteiger partial charge in [-0.25, -0.2) is 0 Å². The van der Waals surface area contributed by atoms with E-state index in [9.17, 15) is 14.4 Å². The molecule has 3 rings (SSSR count). The smallest absolute Gasteiger partial charge is 0.261 e. The van der Waals surface area contributed by atoms with Crippen LogP contribution < -0.4 is 0 Å². The molecule has 0 aliphatic carbocycles. The number of likely N-dealkylation sites (N-methyl/N-ethyl adjacent to an activating group) is 1. The molecule has 6 heteroatoms. The third-order valence-corrected chi connectivity index (χ3v) is 6.26. The van der Waals surface area contributed by atoms with E-state index in [1.54, 1.807) is 24.3 Å². The van der Waals surface area contributed by atoms with Crippen LogP contribution >= 0.6 is 0 Å². The number of hydrogen-bond acceptors (Lipinski definition) is 4. The summed E-state index contributed by atoms with van der Waals surface area (Å²) in [6, 6.07) is 7.06. The number of nitrogens with zero attached hydrogens (tertiary/aromatic N) is 3. The second-order valence-electron chi connectivity index (χ2n) is 8.57. The zero-order valence-corrected chi connectivity index (χ0v) is 18.3. The third kappa shape index (κ3) is 5.91. The predicted molar refractivity (Wildman–Crippen MR) is 117 cm³/mol. The second kappa shape index (κ2) is 11.3. The van der Waals surface area contributed by atoms with Crippen LogP contribution in [0.5, 0.6) is 0 Å². The van der Waals surface area contributed by atoms with E-state index in [0.29, 0.717) is 30.0 Å². The van der Waals surface area contributed by atoms with Crippen LogP contribution in [0.1, 0.15) is 78.5 Å². The van der Waals surface area contributed by atoms with Crippen LogP contribution in [0, 0.1) is 0 Å². The maximum Gasteiger partial charge on any atom is 0.261 e. The number of imide groups is 1. The summed E-state index contributed by atoms with van der Waals surface area (Å²) in [6.07, 6.45) is 9.37. The molecule has 1 saturated heterocycles. The summed E-state index contributed by atoms with van der Waals surface area (Å²) in [4.78, 5) is 42.5. The van der Waals surface area contributed by atoms with Crippen LogP contribution in [0.4, 0.5) is 0 Å². The molecular weight excluding hydrogens is 378 g/mol. The zero-order valence-electron chi connectivity index (χ0n) is 18.3. The van der Waals surface area contributed by atoms with Crippen molar-refractivity contribution in [1.82, 2.24) is 14.7 Å². The summed E-state index contributed by atoms with van der Waals surface area (Å²) in [5.41, 5.74) is 1.07. The number of unbranched alkanes of at least 4 members (excludes halogenated alkanes) is 7. The lowest BCUT2D eigenvalue weighted by Gasteiger charge is -2.32. The topological polar surface area (TPSA) is 60.9 Å². The van der Waals surface area contributed by atoms with Gasteiger partial charge >= 0.3 is 0 Å². The van der Waals surface area contributed by atoms with E-state index in [4.69, 9.17) is 0 Å². The van der Waals surface area contributed by atoms with E-state index in [-0.39, 0.29) is 11.8 Å². The van der Waals surface area contributed by atoms with Gasteiger partial charge in [0.1, 0.15) is 0 Å². The minimum atomic E-state index is -0.151. The number of rotatable bonds is 11. The van der Waals surface area contributed by atoms with Gasteiger partial charge in [0.2, 0.25) is 5.91 Å². The summed E-state index contributed by atoms with van der Waals surface area (Å²) in [6.45, 7) is 4.23. The van der Waals surface area contributed by atoms with Gasteiger partial charge in [-0.3, -0.25) is 19.3 Å². The van der Waals surface area contributed by atoms with Crippen molar-refractivity contribution in [1.29, 1.82) is 0 Å². The summed E-state index contributed by atoms with van der Waals surface area (Å²) < 4.78 is 0. The van der Waals surface area contributed by atoms with Crippen molar-refractivity contribution in [3.05, 3.63) is 35.4 Å². The SMILES string of the molecule is CN1CCN(C(=O)CCCCCCCCCCN2C(=O)c3ccccc3C2=O)CC1. The monoisotopic (exact) mass is 413 g/mol. The Hall–Kier alpha value is -2.21. The highest BCUT2D eigenvalue weighted by Crippen LogP contribution is 2.23. The van der Waals surface area contributed by atoms with Crippen molar-refractivity contribution in [3.63, 3.8) is 0 Å². The fourth-order valence-corrected chi connectivity index (χ4v) is 4.26. The fourth-order valence-electron chi connectivity index (χ4n) is 4.26. The van der Waals surface area contributed by atoms with E-state index in [2.05, 4.69) is 11.9 Å². The summed E-state index contributed by atoms with van der Waals surface area (Å²) in [5.74, 6) is 0.0136. The van der Waals surface area contributed by atoms with E-state index in [1.165, 1.54) is 24.2 Å². The molecule has 0 spiro atoms. The van der Waals surface area contributed by atoms with E-state index in [1.807, 2.05) is 4.90 Å². The standard InChI is InChI=1S/C24H35N3O3/c1-25-16-18-26(19-17-25)22(28)14-8-6-4-2-3-5-7-11-15-27-23(29)20-12-9-10-13-21(20)24(27)30/h9-10,12-13H,2-8,11,14-19H2,1H3. The Morgan fingerprint density at radius 1 is 0.767 bits per heavy atom. The number of amides is 3. The van der Waals surface area contributed by atoms with Crippen LogP contribution in [-0.2, 0) is 4.79 Å². The second-order valence-corrected chi connectivity index (χ2v) is 8.57. The molecule has 30 heavy (non-hydrogen) atoms. The van der Waals surface area contributed by atoms with Crippen molar-refractivity contribution in [2.75, 3.05) is 39.8 Å². The highest BCUT2D eigenvalue weighted by Gasteiger charge is 2.34. The Labute approximate surface area is 180 Å². The molecule has 164 valence electrons. The number of piperazine rings is 1. The average molecular weight is 414 g/mol. The molecule has 0 bridgehead atoms. The van der Waals surface area contributed by atoms with Crippen molar-refractivity contribution < 1.29 is 14.4 Å². The summed E-state index contributed by atoms with van der Waals surface area (Å²) in [7, 11) is 2.10. The normalized spacial score (nSPS) is 17.0. The fraction of sp³-hybridized carbons (Fsp3) is 0.625. The van der Waals surface area contributed by atoms with Crippen LogP contribution in [0.15, 0.2) is 24.3 Å². The Kier molecular flexibility index (Phi) is 8.43. The third-order valence-electron chi connectivity index (χ3n) is 6.26. The first-order valence-corrected chi connectivity index (χ1v) is 11.5. The van der Waals surface area contributed by atoms with Crippen LogP contribution in [-0.4, -0.2) is 72.2 Å². The molecule has 0 aromatic heterocycles. The Balaban J connectivity index is 1.17. The van der Waals surface area contributed by atoms with Gasteiger partial charge in [0.15, 0.2) is 0 Å². The Morgan fingerprint density at radius 3 is 1.83 bits per heavy atom. The molecule has 0 unspecified atom stereocenters. The van der Waals surface area contributed by atoms with Crippen LogP contribution in [0.3, 0.4) is 0 Å². The van der Waals surface area contributed by atoms with E-state index < -0.39 is 0 Å². The first-order chi connectivity index (χ1) is 14.6. The highest BCUT2D eigenvalue weighted by molar-refractivity contribution is 6.21. The van der Waals surface area contributed by atoms with Crippen LogP contribution in [0.2, 0.25) is 0 Å². The molecular formula is C24H35N3O3. The number of hydrogen-bond donors (Lipinski definition) is 0. The lowest BCUT2D eigenvalue weighted by molar-refractivity contribution is -0.132. The molecule has 1 fully saturated rings. The minimum absolute atomic E-state index is 0.151. The van der Waals surface area contributed by atoms with Gasteiger partial charge in [0.05, 0.1) is 11.1 Å². The van der Waals surface area contributed by atoms with E-state index in [0.717, 1.165) is 58.3 Å². The van der Waals surface area contributed by atoms with Gasteiger partial charge in [-0.05, 0) is 32.0 Å². The largest absolute Gasteiger partial charge is 0.340 e. The number of carbonyl (C=O) groups excluding carboxylic acids is 3. The first-order valence-electron chi connectivity index (χ1n) is 11.5. The molecule has 2 aliphatic rings. The van der Waals surface area contributed by atoms with Gasteiger partial charge in [-0.2, -0.15) is 0 Å². The Morgan fingerprint density at radius 2 is 1.27 bits per heavy atom. The maximum atomic E-state index is 12.3. The molecule has 1 aromatic rings. The number of carbonyl (C=O) groups is 3. The molecule has 0 atom stereocenters. The van der Waals surface area contributed by atoms with Gasteiger partial charge < -0.3 is 9.80 Å². The number of benzene rings is 1. The van der Waals surface area contributed by atoms with Gasteiger partial charge in [0.25, 0.3) is 11.8 Å². The molecule has 3 amide bonds. The van der Waals surface area contributed by atoms with Crippen molar-refractivity contribution in [3.8, 4) is 0 Å². The first kappa shape index (κ1) is 22.5. The molecule has 0 N–H and O–H groups in total. The minimum Gasteiger partial charge on any atom is -0.340 e. The summed E-state index contributed by atoms with van der Waals surface area (Å²) in [5, 5.41) is 0. The van der Waals surface area contributed by atoms with Gasteiger partial charge in [-0.15, -0.1) is 0 Å². The van der Waals surface area contributed by atoms with Crippen molar-refractivity contribution in [2.45, 2.75) is 57.8 Å². The molecule has 1 aromatic carbocycles. The molecule has 0 radical (unpaired) electrons. The average Bonchev–Trinajstić information content (AvgIpc) is 3.00. The highest BCUT2D eigenvalue weighted by atomic mass is 16.2. The molecule has 2 aliphatic heterocycles. The maximum absolute atomic E-state index is 12.3. The van der Waals surface area contributed by atoms with E-state index >= 15 is 0 Å². The molecule has 2 heterocycles. The molecule has 6 nitrogen and oxygen atoms in total. The van der Waals surface area contributed by atoms with Crippen molar-refractivity contribution >= 4 is 17.7 Å². The lowest BCUT2D eigenvalue weighted by atomic mass is 10.1. The summed E-state index contributed by atoms with van der Waals surface area (Å²) >= 11 is 0. The van der Waals surface area contributed by atoms with Gasteiger partial charge in [-0.1, -0.05) is 50.7 Å². The quantitative estimate of drug-likeness (QED) is 0.411. The van der Waals surface area contributed by atoms with Gasteiger partial charge in [0, 0.05) is 39.1 Å². The number of fused-ring (bicyclic) bond motifs is 1. The van der Waals surface area contributed by atoms with Crippen LogP contribution in [0.25, 0.3) is 0 Å².